The number of benzene rings is 2. The molecule has 1 aliphatic heterocycles. The Morgan fingerprint density at radius 1 is 1.00 bits per heavy atom. The van der Waals surface area contributed by atoms with Crippen LogP contribution >= 0.6 is 0 Å². The number of carbonyl (C=O) groups excluding carboxylic acids is 2. The molecule has 0 aliphatic carbocycles. The van der Waals surface area contributed by atoms with Gasteiger partial charge in [-0.25, -0.2) is 14.5 Å². The molecule has 0 radical (unpaired) electrons. The number of carbonyl (C=O) groups is 2. The molecule has 4 rings (SSSR count). The van der Waals surface area contributed by atoms with Crippen molar-refractivity contribution in [1.82, 2.24) is 19.7 Å². The Morgan fingerprint density at radius 2 is 1.72 bits per heavy atom. The second-order valence-corrected chi connectivity index (χ2v) is 6.52. The number of hydrogen-bond acceptors (Lipinski definition) is 6. The van der Waals surface area contributed by atoms with Crippen LogP contribution in [0.2, 0.25) is 0 Å². The van der Waals surface area contributed by atoms with E-state index in [2.05, 4.69) is 10.1 Å². The van der Waals surface area contributed by atoms with Gasteiger partial charge < -0.3 is 14.4 Å². The quantitative estimate of drug-likeness (QED) is 0.618. The Balaban J connectivity index is 1.53. The summed E-state index contributed by atoms with van der Waals surface area (Å²) in [6.45, 7) is 1.91. The van der Waals surface area contributed by atoms with Gasteiger partial charge >= 0.3 is 5.97 Å². The molecule has 1 atom stereocenters. The topological polar surface area (TPSA) is 86.5 Å². The molecule has 0 unspecified atom stereocenters. The minimum atomic E-state index is -1.00. The summed E-state index contributed by atoms with van der Waals surface area (Å²) >= 11 is 0. The molecule has 148 valence electrons. The van der Waals surface area contributed by atoms with E-state index >= 15 is 0 Å². The summed E-state index contributed by atoms with van der Waals surface area (Å²) in [6.07, 6.45) is 2.00. The molecule has 8 nitrogen and oxygen atoms in total. The van der Waals surface area contributed by atoms with Crippen LogP contribution in [0.4, 0.5) is 0 Å². The fraction of sp³-hybridized carbons (Fsp3) is 0.238. The molecule has 0 spiro atoms. The smallest absolute Gasteiger partial charge is 0.339 e. The van der Waals surface area contributed by atoms with Crippen molar-refractivity contribution in [2.24, 2.45) is 0 Å². The number of hydrogen-bond donors (Lipinski definition) is 0. The minimum Gasteiger partial charge on any atom is -0.444 e. The van der Waals surface area contributed by atoms with Crippen LogP contribution < -0.4 is 0 Å². The van der Waals surface area contributed by atoms with Crippen LogP contribution in [0.1, 0.15) is 22.0 Å². The van der Waals surface area contributed by atoms with Crippen LogP contribution in [-0.4, -0.2) is 57.8 Å². The highest BCUT2D eigenvalue weighted by atomic mass is 16.5. The van der Waals surface area contributed by atoms with Gasteiger partial charge in [0.05, 0.1) is 24.5 Å². The third-order valence-electron chi connectivity index (χ3n) is 4.66. The molecule has 1 amide bonds. The highest BCUT2D eigenvalue weighted by molar-refractivity contribution is 5.93. The maximum absolute atomic E-state index is 13.0. The summed E-state index contributed by atoms with van der Waals surface area (Å²) in [4.78, 5) is 31.4. The molecule has 1 saturated heterocycles. The molecule has 2 heterocycles. The van der Waals surface area contributed by atoms with E-state index in [1.54, 1.807) is 52.3 Å². The maximum Gasteiger partial charge on any atom is 0.339 e. The maximum atomic E-state index is 13.0. The fourth-order valence-corrected chi connectivity index (χ4v) is 3.11. The Labute approximate surface area is 167 Å². The molecule has 3 aromatic rings. The fourth-order valence-electron chi connectivity index (χ4n) is 3.11. The second kappa shape index (κ2) is 8.66. The van der Waals surface area contributed by atoms with Crippen molar-refractivity contribution in [3.8, 4) is 5.69 Å². The lowest BCUT2D eigenvalue weighted by atomic mass is 10.1. The lowest BCUT2D eigenvalue weighted by Gasteiger charge is -2.30. The summed E-state index contributed by atoms with van der Waals surface area (Å²) in [6, 6.07) is 15.8. The van der Waals surface area contributed by atoms with Crippen molar-refractivity contribution in [3.05, 3.63) is 78.4 Å². The number of aromatic nitrogens is 3. The van der Waals surface area contributed by atoms with Crippen molar-refractivity contribution >= 4 is 11.9 Å². The summed E-state index contributed by atoms with van der Waals surface area (Å²) in [5.74, 6) is -0.808. The molecule has 8 heteroatoms. The number of ether oxygens (including phenoxy) is 2. The first-order chi connectivity index (χ1) is 14.2. The van der Waals surface area contributed by atoms with Gasteiger partial charge in [0.15, 0.2) is 0 Å². The van der Waals surface area contributed by atoms with E-state index in [1.807, 2.05) is 18.2 Å². The van der Waals surface area contributed by atoms with Crippen molar-refractivity contribution in [2.75, 3.05) is 26.3 Å². The molecule has 0 N–H and O–H groups in total. The number of morpholine rings is 1. The zero-order chi connectivity index (χ0) is 20.1. The van der Waals surface area contributed by atoms with Gasteiger partial charge in [0, 0.05) is 18.7 Å². The van der Waals surface area contributed by atoms with E-state index in [-0.39, 0.29) is 5.91 Å². The number of amides is 1. The molecule has 0 saturated carbocycles. The summed E-state index contributed by atoms with van der Waals surface area (Å²) in [7, 11) is 0. The average Bonchev–Trinajstić information content (AvgIpc) is 3.33. The second-order valence-electron chi connectivity index (χ2n) is 6.52. The molecule has 1 aliphatic rings. The van der Waals surface area contributed by atoms with Crippen molar-refractivity contribution in [2.45, 2.75) is 6.10 Å². The molecular weight excluding hydrogens is 372 g/mol. The molecular formula is C21H20N4O4. The SMILES string of the molecule is O=C(O[C@H](C(=O)N1CCOCC1)c1ccccc1)c1ccc(-n2cncn2)cc1. The van der Waals surface area contributed by atoms with Crippen LogP contribution in [-0.2, 0) is 14.3 Å². The van der Waals surface area contributed by atoms with Gasteiger partial charge in [-0.2, -0.15) is 5.10 Å². The Hall–Kier alpha value is -3.52. The van der Waals surface area contributed by atoms with Crippen LogP contribution in [0.25, 0.3) is 5.69 Å². The van der Waals surface area contributed by atoms with Gasteiger partial charge in [0.1, 0.15) is 12.7 Å². The minimum absolute atomic E-state index is 0.243. The van der Waals surface area contributed by atoms with Crippen molar-refractivity contribution in [1.29, 1.82) is 0 Å². The average molecular weight is 392 g/mol. The van der Waals surface area contributed by atoms with Gasteiger partial charge in [-0.1, -0.05) is 30.3 Å². The van der Waals surface area contributed by atoms with Crippen LogP contribution in [0.3, 0.4) is 0 Å². The Morgan fingerprint density at radius 3 is 2.38 bits per heavy atom. The lowest BCUT2D eigenvalue weighted by molar-refractivity contribution is -0.145. The van der Waals surface area contributed by atoms with Crippen molar-refractivity contribution in [3.63, 3.8) is 0 Å². The highest BCUT2D eigenvalue weighted by Gasteiger charge is 2.30. The molecule has 0 bridgehead atoms. The third kappa shape index (κ3) is 4.33. The van der Waals surface area contributed by atoms with Crippen molar-refractivity contribution < 1.29 is 19.1 Å². The first-order valence-corrected chi connectivity index (χ1v) is 9.30. The van der Waals surface area contributed by atoms with Gasteiger partial charge in [0.25, 0.3) is 5.91 Å². The van der Waals surface area contributed by atoms with E-state index in [0.717, 1.165) is 5.69 Å². The normalized spacial score (nSPS) is 15.0. The van der Waals surface area contributed by atoms with E-state index < -0.39 is 12.1 Å². The monoisotopic (exact) mass is 392 g/mol. The first kappa shape index (κ1) is 18.8. The number of rotatable bonds is 5. The third-order valence-corrected chi connectivity index (χ3v) is 4.66. The predicted molar refractivity (Wildman–Crippen MR) is 103 cm³/mol. The van der Waals surface area contributed by atoms with Crippen LogP contribution in [0.15, 0.2) is 67.3 Å². The summed E-state index contributed by atoms with van der Waals surface area (Å²) in [5, 5.41) is 4.05. The Bertz CT molecular complexity index is 952. The van der Waals surface area contributed by atoms with E-state index in [4.69, 9.17) is 9.47 Å². The van der Waals surface area contributed by atoms with E-state index in [9.17, 15) is 9.59 Å². The summed E-state index contributed by atoms with van der Waals surface area (Å²) < 4.78 is 12.6. The van der Waals surface area contributed by atoms with Gasteiger partial charge in [-0.3, -0.25) is 4.79 Å². The standard InChI is InChI=1S/C21H20N4O4/c26-20(24-10-12-28-13-11-24)19(16-4-2-1-3-5-16)29-21(27)17-6-8-18(9-7-17)25-15-22-14-23-25/h1-9,14-15,19H,10-13H2/t19-/m0/s1. The zero-order valence-corrected chi connectivity index (χ0v) is 15.7. The molecule has 1 aromatic heterocycles. The molecule has 1 fully saturated rings. The highest BCUT2D eigenvalue weighted by Crippen LogP contribution is 2.23. The number of esters is 1. The van der Waals surface area contributed by atoms with Crippen LogP contribution in [0, 0.1) is 0 Å². The largest absolute Gasteiger partial charge is 0.444 e. The Kier molecular flexibility index (Phi) is 5.62. The van der Waals surface area contributed by atoms with E-state index in [0.29, 0.717) is 37.4 Å². The predicted octanol–water partition coefficient (Wildman–Crippen LogP) is 2.02. The van der Waals surface area contributed by atoms with Gasteiger partial charge in [0.2, 0.25) is 6.10 Å². The van der Waals surface area contributed by atoms with Gasteiger partial charge in [-0.05, 0) is 24.3 Å². The number of nitrogens with zero attached hydrogens (tertiary/aromatic N) is 4. The van der Waals surface area contributed by atoms with Crippen LogP contribution in [0.5, 0.6) is 0 Å². The zero-order valence-electron chi connectivity index (χ0n) is 15.7. The van der Waals surface area contributed by atoms with E-state index in [1.165, 1.54) is 6.33 Å². The molecule has 2 aromatic carbocycles. The molecule has 29 heavy (non-hydrogen) atoms. The van der Waals surface area contributed by atoms with Gasteiger partial charge in [-0.15, -0.1) is 0 Å². The first-order valence-electron chi connectivity index (χ1n) is 9.30. The lowest BCUT2D eigenvalue weighted by Crippen LogP contribution is -2.44. The summed E-state index contributed by atoms with van der Waals surface area (Å²) in [5.41, 5.74) is 1.75.